The summed E-state index contributed by atoms with van der Waals surface area (Å²) in [5, 5.41) is 5.02. The standard InChI is InChI=1S/2C10H9O.C2H4.2ClH.Hf/c2*1-11-10-6-5-8-3-2-4-9(8)7-10;1-2;;;/h2*2-7H,1H3;1-2H2;2*1H;/q2*-1;;;;+4/p-2. The predicted molar refractivity (Wildman–Crippen MR) is 103 cm³/mol. The largest absolute Gasteiger partial charge is 4.00 e. The minimum absolute atomic E-state index is 0. The maximum absolute atomic E-state index is 5.09. The van der Waals surface area contributed by atoms with Crippen molar-refractivity contribution in [2.75, 3.05) is 14.2 Å². The van der Waals surface area contributed by atoms with Crippen LogP contribution in [0, 0.1) is 0 Å². The zero-order valence-electron chi connectivity index (χ0n) is 15.4. The Morgan fingerprint density at radius 3 is 1.37 bits per heavy atom. The summed E-state index contributed by atoms with van der Waals surface area (Å²) in [7, 11) is 3.37. The summed E-state index contributed by atoms with van der Waals surface area (Å²) in [5.74, 6) is 1.84. The Balaban J connectivity index is 0. The zero-order chi connectivity index (χ0) is 17.4. The number of hydrogen-bond acceptors (Lipinski definition) is 2. The van der Waals surface area contributed by atoms with Crippen molar-refractivity contribution in [3.8, 4) is 11.5 Å². The molecule has 0 bridgehead atoms. The fraction of sp³-hybridized carbons (Fsp3) is 0.0909. The van der Waals surface area contributed by atoms with E-state index in [0.29, 0.717) is 0 Å². The number of rotatable bonds is 2. The van der Waals surface area contributed by atoms with Crippen LogP contribution in [0.5, 0.6) is 11.5 Å². The van der Waals surface area contributed by atoms with Crippen molar-refractivity contribution in [2.24, 2.45) is 0 Å². The van der Waals surface area contributed by atoms with Gasteiger partial charge >= 0.3 is 25.8 Å². The van der Waals surface area contributed by atoms with Gasteiger partial charge in [0.15, 0.2) is 0 Å². The first kappa shape index (κ1) is 27.7. The molecule has 0 aliphatic heterocycles. The summed E-state index contributed by atoms with van der Waals surface area (Å²) in [6.45, 7) is 6.00. The average Bonchev–Trinajstić information content (AvgIpc) is 3.31. The van der Waals surface area contributed by atoms with E-state index in [-0.39, 0.29) is 50.7 Å². The van der Waals surface area contributed by atoms with Crippen LogP contribution in [-0.2, 0) is 25.8 Å². The Morgan fingerprint density at radius 1 is 0.667 bits per heavy atom. The quantitative estimate of drug-likeness (QED) is 0.192. The van der Waals surface area contributed by atoms with E-state index in [9.17, 15) is 0 Å². The molecule has 4 aromatic carbocycles. The molecule has 140 valence electrons. The van der Waals surface area contributed by atoms with Gasteiger partial charge in [0.25, 0.3) is 0 Å². The molecule has 2 nitrogen and oxygen atoms in total. The van der Waals surface area contributed by atoms with Crippen molar-refractivity contribution in [3.05, 3.63) is 86.0 Å². The molecule has 0 amide bonds. The van der Waals surface area contributed by atoms with E-state index in [1.807, 2.05) is 36.4 Å². The maximum Gasteiger partial charge on any atom is 4.00 e. The second-order valence-corrected chi connectivity index (χ2v) is 5.04. The van der Waals surface area contributed by atoms with Gasteiger partial charge in [-0.15, -0.1) is 59.0 Å². The first-order valence-corrected chi connectivity index (χ1v) is 7.69. The van der Waals surface area contributed by atoms with Crippen LogP contribution in [0.15, 0.2) is 86.0 Å². The van der Waals surface area contributed by atoms with Crippen molar-refractivity contribution < 1.29 is 60.1 Å². The van der Waals surface area contributed by atoms with E-state index in [2.05, 4.69) is 49.6 Å². The van der Waals surface area contributed by atoms with E-state index in [1.54, 1.807) is 14.2 Å². The van der Waals surface area contributed by atoms with Crippen LogP contribution in [0.3, 0.4) is 0 Å². The average molecular weight is 568 g/mol. The number of benzene rings is 2. The molecule has 0 aliphatic rings. The van der Waals surface area contributed by atoms with Crippen LogP contribution in [0.4, 0.5) is 0 Å². The molecule has 0 atom stereocenters. The Hall–Kier alpha value is -1.55. The minimum atomic E-state index is 0. The first-order valence-electron chi connectivity index (χ1n) is 7.69. The smallest absolute Gasteiger partial charge is 1.00 e. The second kappa shape index (κ2) is 14.5. The molecule has 0 aliphatic carbocycles. The van der Waals surface area contributed by atoms with Gasteiger partial charge < -0.3 is 34.3 Å². The van der Waals surface area contributed by atoms with Crippen LogP contribution in [0.1, 0.15) is 0 Å². The normalized spacial score (nSPS) is 8.52. The molecule has 4 aromatic rings. The topological polar surface area (TPSA) is 18.5 Å². The summed E-state index contributed by atoms with van der Waals surface area (Å²) in [6.07, 6.45) is 0. The Morgan fingerprint density at radius 2 is 1.04 bits per heavy atom. The van der Waals surface area contributed by atoms with Gasteiger partial charge in [0.05, 0.1) is 25.7 Å². The Kier molecular flexibility index (Phi) is 14.9. The third kappa shape index (κ3) is 7.53. The molecule has 27 heavy (non-hydrogen) atoms. The van der Waals surface area contributed by atoms with Gasteiger partial charge in [0.1, 0.15) is 0 Å². The number of fused-ring (bicyclic) bond motifs is 2. The molecule has 0 radical (unpaired) electrons. The van der Waals surface area contributed by atoms with Crippen molar-refractivity contribution in [3.63, 3.8) is 0 Å². The monoisotopic (exact) mass is 568 g/mol. The Labute approximate surface area is 192 Å². The first-order chi connectivity index (χ1) is 11.8. The van der Waals surface area contributed by atoms with Crippen LogP contribution in [0.2, 0.25) is 0 Å². The van der Waals surface area contributed by atoms with E-state index in [4.69, 9.17) is 9.47 Å². The molecular weight excluding hydrogens is 546 g/mol. The van der Waals surface area contributed by atoms with Crippen molar-refractivity contribution >= 4 is 21.5 Å². The number of halogens is 2. The molecule has 0 heterocycles. The van der Waals surface area contributed by atoms with Gasteiger partial charge in [-0.05, 0) is 0 Å². The van der Waals surface area contributed by atoms with Gasteiger partial charge in [0.2, 0.25) is 0 Å². The summed E-state index contributed by atoms with van der Waals surface area (Å²) in [6, 6.07) is 24.6. The third-order valence-corrected chi connectivity index (χ3v) is 3.69. The molecule has 0 unspecified atom stereocenters. The zero-order valence-corrected chi connectivity index (χ0v) is 20.5. The molecule has 0 saturated heterocycles. The van der Waals surface area contributed by atoms with E-state index in [0.717, 1.165) is 11.5 Å². The van der Waals surface area contributed by atoms with E-state index in [1.165, 1.54) is 21.5 Å². The molecule has 0 saturated carbocycles. The molecule has 4 rings (SSSR count). The van der Waals surface area contributed by atoms with Crippen LogP contribution in [0.25, 0.3) is 21.5 Å². The van der Waals surface area contributed by atoms with Crippen molar-refractivity contribution in [1.82, 2.24) is 0 Å². The fourth-order valence-corrected chi connectivity index (χ4v) is 2.46. The number of hydrogen-bond donors (Lipinski definition) is 0. The van der Waals surface area contributed by atoms with Crippen LogP contribution < -0.4 is 34.3 Å². The third-order valence-electron chi connectivity index (χ3n) is 3.69. The minimum Gasteiger partial charge on any atom is -1.00 e. The summed E-state index contributed by atoms with van der Waals surface area (Å²) in [5.41, 5.74) is 0. The summed E-state index contributed by atoms with van der Waals surface area (Å²) in [4.78, 5) is 0. The molecule has 0 fully saturated rings. The number of ether oxygens (including phenoxy) is 2. The Bertz CT molecular complexity index is 825. The fourth-order valence-electron chi connectivity index (χ4n) is 2.46. The van der Waals surface area contributed by atoms with Crippen LogP contribution in [-0.4, -0.2) is 14.2 Å². The van der Waals surface area contributed by atoms with E-state index >= 15 is 0 Å². The van der Waals surface area contributed by atoms with Crippen LogP contribution >= 0.6 is 0 Å². The van der Waals surface area contributed by atoms with Gasteiger partial charge in [0, 0.05) is 0 Å². The van der Waals surface area contributed by atoms with Crippen molar-refractivity contribution in [1.29, 1.82) is 0 Å². The van der Waals surface area contributed by atoms with E-state index < -0.39 is 0 Å². The maximum atomic E-state index is 5.09. The second-order valence-electron chi connectivity index (χ2n) is 5.04. The molecule has 0 N–H and O–H groups in total. The van der Waals surface area contributed by atoms with Gasteiger partial charge in [-0.2, -0.15) is 24.3 Å². The van der Waals surface area contributed by atoms with Crippen molar-refractivity contribution in [2.45, 2.75) is 0 Å². The molecule has 0 spiro atoms. The van der Waals surface area contributed by atoms with Gasteiger partial charge in [-0.1, -0.05) is 24.3 Å². The molecule has 5 heteroatoms. The number of methoxy groups -OCH3 is 2. The summed E-state index contributed by atoms with van der Waals surface area (Å²) >= 11 is 0. The SMILES string of the molecule is C=C.COc1ccc2[cH-]ccc2c1.COc1ccc2[cH-]ccc2c1.[Cl-].[Cl-].[Hf+4]. The van der Waals surface area contributed by atoms with Gasteiger partial charge in [-0.25, -0.2) is 0 Å². The predicted octanol–water partition coefficient (Wildman–Crippen LogP) is -0.0577. The van der Waals surface area contributed by atoms with Gasteiger partial charge in [-0.3, -0.25) is 0 Å². The summed E-state index contributed by atoms with van der Waals surface area (Å²) < 4.78 is 10.2. The molecular formula is C22H22Cl2HfO2. The molecule has 0 aromatic heterocycles.